The van der Waals surface area contributed by atoms with Gasteiger partial charge in [-0.15, -0.1) is 11.3 Å². The summed E-state index contributed by atoms with van der Waals surface area (Å²) in [6, 6.07) is 12.5. The minimum absolute atomic E-state index is 0.319. The van der Waals surface area contributed by atoms with Gasteiger partial charge in [-0.05, 0) is 49.6 Å². The van der Waals surface area contributed by atoms with Crippen LogP contribution in [0.1, 0.15) is 40.1 Å². The van der Waals surface area contributed by atoms with Crippen LogP contribution < -0.4 is 16.0 Å². The molecule has 0 radical (unpaired) electrons. The molecule has 1 aliphatic heterocycles. The van der Waals surface area contributed by atoms with E-state index < -0.39 is 5.91 Å². The molecule has 0 aliphatic carbocycles. The number of amides is 2. The van der Waals surface area contributed by atoms with Crippen LogP contribution in [0, 0.1) is 0 Å². The number of hydrogen-bond acceptors (Lipinski definition) is 5. The van der Waals surface area contributed by atoms with Gasteiger partial charge < -0.3 is 16.0 Å². The first-order valence-electron chi connectivity index (χ1n) is 9.73. The fourth-order valence-electron chi connectivity index (χ4n) is 3.49. The second-order valence-corrected chi connectivity index (χ2v) is 8.44. The topological polar surface area (TPSA) is 88.3 Å². The maximum atomic E-state index is 12.9. The zero-order valence-corrected chi connectivity index (χ0v) is 17.8. The highest BCUT2D eigenvalue weighted by Gasteiger charge is 2.19. The van der Waals surface area contributed by atoms with Gasteiger partial charge in [0.1, 0.15) is 10.7 Å². The lowest BCUT2D eigenvalue weighted by atomic mass is 10.1. The molecule has 4 rings (SSSR count). The van der Waals surface area contributed by atoms with Crippen molar-refractivity contribution in [3.05, 3.63) is 64.1 Å². The van der Waals surface area contributed by atoms with Crippen LogP contribution in [0.25, 0.3) is 10.6 Å². The molecule has 3 N–H and O–H groups in total. The summed E-state index contributed by atoms with van der Waals surface area (Å²) in [4.78, 5) is 31.3. The first kappa shape index (κ1) is 20.4. The minimum Gasteiger partial charge on any atom is -0.370 e. The van der Waals surface area contributed by atoms with Crippen molar-refractivity contribution < 1.29 is 9.59 Å². The van der Waals surface area contributed by atoms with Gasteiger partial charge in [0.25, 0.3) is 5.91 Å². The van der Waals surface area contributed by atoms with Crippen molar-refractivity contribution in [1.29, 1.82) is 0 Å². The normalized spacial score (nSPS) is 13.8. The third-order valence-corrected chi connectivity index (χ3v) is 6.20. The van der Waals surface area contributed by atoms with Gasteiger partial charge in [-0.1, -0.05) is 23.7 Å². The van der Waals surface area contributed by atoms with Crippen LogP contribution >= 0.6 is 22.9 Å². The molecule has 6 nitrogen and oxygen atoms in total. The summed E-state index contributed by atoms with van der Waals surface area (Å²) >= 11 is 7.33. The molecule has 0 bridgehead atoms. The number of aromatic nitrogens is 1. The molecular weight excluding hydrogens is 420 g/mol. The van der Waals surface area contributed by atoms with Crippen molar-refractivity contribution in [2.75, 3.05) is 23.3 Å². The van der Waals surface area contributed by atoms with E-state index in [9.17, 15) is 9.59 Å². The van der Waals surface area contributed by atoms with Gasteiger partial charge in [0.05, 0.1) is 11.4 Å². The first-order valence-corrected chi connectivity index (χ1v) is 11.0. The lowest BCUT2D eigenvalue weighted by molar-refractivity contribution is 0.0995. The van der Waals surface area contributed by atoms with Crippen LogP contribution in [-0.2, 0) is 0 Å². The second kappa shape index (κ2) is 8.85. The number of carbonyl (C=O) groups excluding carboxylic acids is 2. The Labute approximate surface area is 183 Å². The summed E-state index contributed by atoms with van der Waals surface area (Å²) in [7, 11) is 0. The number of primary amides is 1. The number of thiazole rings is 1. The standard InChI is InChI=1S/C22H21ClN4O2S/c23-16-7-4-14(5-8-16)22-26-18(13-30-22)21(29)25-17-12-15(20(24)28)6-9-19(17)27-10-2-1-3-11-27/h4-9,12-13H,1-3,10-11H2,(H2,24,28)(H,25,29). The van der Waals surface area contributed by atoms with Crippen LogP contribution in [-0.4, -0.2) is 29.9 Å². The zero-order chi connectivity index (χ0) is 21.1. The maximum absolute atomic E-state index is 12.9. The Morgan fingerprint density at radius 1 is 1.07 bits per heavy atom. The van der Waals surface area contributed by atoms with Gasteiger partial charge in [0, 0.05) is 34.6 Å². The first-order chi connectivity index (χ1) is 14.5. The predicted octanol–water partition coefficient (Wildman–Crippen LogP) is 4.81. The van der Waals surface area contributed by atoms with E-state index in [1.54, 1.807) is 29.6 Å². The zero-order valence-electron chi connectivity index (χ0n) is 16.2. The van der Waals surface area contributed by atoms with E-state index in [0.29, 0.717) is 22.0 Å². The summed E-state index contributed by atoms with van der Waals surface area (Å²) in [5.74, 6) is -0.860. The number of piperidine rings is 1. The van der Waals surface area contributed by atoms with Crippen LogP contribution in [0.3, 0.4) is 0 Å². The number of carbonyl (C=O) groups is 2. The summed E-state index contributed by atoms with van der Waals surface area (Å²) in [6.45, 7) is 1.83. The van der Waals surface area contributed by atoms with E-state index in [-0.39, 0.29) is 5.91 Å². The van der Waals surface area contributed by atoms with Crippen LogP contribution in [0.2, 0.25) is 5.02 Å². The summed E-state index contributed by atoms with van der Waals surface area (Å²) in [5.41, 5.74) is 8.47. The summed E-state index contributed by atoms with van der Waals surface area (Å²) < 4.78 is 0. The number of nitrogens with one attached hydrogen (secondary N) is 1. The van der Waals surface area contributed by atoms with E-state index in [2.05, 4.69) is 15.2 Å². The Balaban J connectivity index is 1.59. The molecule has 3 aromatic rings. The van der Waals surface area contributed by atoms with E-state index in [1.807, 2.05) is 18.2 Å². The maximum Gasteiger partial charge on any atom is 0.275 e. The molecule has 30 heavy (non-hydrogen) atoms. The third kappa shape index (κ3) is 4.47. The van der Waals surface area contributed by atoms with Gasteiger partial charge in [-0.3, -0.25) is 9.59 Å². The Morgan fingerprint density at radius 2 is 1.80 bits per heavy atom. The van der Waals surface area contributed by atoms with Gasteiger partial charge in [0.2, 0.25) is 5.91 Å². The predicted molar refractivity (Wildman–Crippen MR) is 122 cm³/mol. The van der Waals surface area contributed by atoms with Gasteiger partial charge in [-0.25, -0.2) is 4.98 Å². The molecule has 2 amide bonds. The number of nitrogens with zero attached hydrogens (tertiary/aromatic N) is 2. The number of halogens is 1. The average molecular weight is 441 g/mol. The fraction of sp³-hybridized carbons (Fsp3) is 0.227. The Kier molecular flexibility index (Phi) is 6.01. The molecule has 154 valence electrons. The molecular formula is C22H21ClN4O2S. The summed E-state index contributed by atoms with van der Waals surface area (Å²) in [5, 5.41) is 6.03. The van der Waals surface area contributed by atoms with Crippen molar-refractivity contribution in [2.45, 2.75) is 19.3 Å². The Hall–Kier alpha value is -2.90. The van der Waals surface area contributed by atoms with Crippen LogP contribution in [0.5, 0.6) is 0 Å². The second-order valence-electron chi connectivity index (χ2n) is 7.14. The van der Waals surface area contributed by atoms with Crippen LogP contribution in [0.15, 0.2) is 47.8 Å². The monoisotopic (exact) mass is 440 g/mol. The highest BCUT2D eigenvalue weighted by molar-refractivity contribution is 7.13. The number of rotatable bonds is 5. The molecule has 1 aliphatic rings. The largest absolute Gasteiger partial charge is 0.370 e. The van der Waals surface area contributed by atoms with Crippen LogP contribution in [0.4, 0.5) is 11.4 Å². The summed E-state index contributed by atoms with van der Waals surface area (Å²) in [6.07, 6.45) is 3.40. The van der Waals surface area contributed by atoms with Crippen molar-refractivity contribution in [3.63, 3.8) is 0 Å². The van der Waals surface area contributed by atoms with Gasteiger partial charge >= 0.3 is 0 Å². The molecule has 0 atom stereocenters. The number of nitrogens with two attached hydrogens (primary N) is 1. The highest BCUT2D eigenvalue weighted by Crippen LogP contribution is 2.31. The van der Waals surface area contributed by atoms with Crippen molar-refractivity contribution >= 4 is 46.1 Å². The Morgan fingerprint density at radius 3 is 2.50 bits per heavy atom. The quantitative estimate of drug-likeness (QED) is 0.596. The molecule has 1 aromatic heterocycles. The minimum atomic E-state index is -0.533. The number of benzene rings is 2. The van der Waals surface area contributed by atoms with E-state index in [1.165, 1.54) is 17.8 Å². The molecule has 0 spiro atoms. The Bertz CT molecular complexity index is 1070. The van der Waals surface area contributed by atoms with Crippen molar-refractivity contribution in [1.82, 2.24) is 4.98 Å². The van der Waals surface area contributed by atoms with Crippen molar-refractivity contribution in [3.8, 4) is 10.6 Å². The smallest absolute Gasteiger partial charge is 0.275 e. The van der Waals surface area contributed by atoms with E-state index in [4.69, 9.17) is 17.3 Å². The lowest BCUT2D eigenvalue weighted by Gasteiger charge is -2.30. The molecule has 2 aromatic carbocycles. The molecule has 2 heterocycles. The molecule has 0 saturated carbocycles. The van der Waals surface area contributed by atoms with Crippen molar-refractivity contribution in [2.24, 2.45) is 5.73 Å². The average Bonchev–Trinajstić information content (AvgIpc) is 3.25. The van der Waals surface area contributed by atoms with E-state index in [0.717, 1.165) is 42.2 Å². The molecule has 1 fully saturated rings. The molecule has 0 unspecified atom stereocenters. The molecule has 8 heteroatoms. The van der Waals surface area contributed by atoms with Gasteiger partial charge in [0.15, 0.2) is 0 Å². The highest BCUT2D eigenvalue weighted by atomic mass is 35.5. The lowest BCUT2D eigenvalue weighted by Crippen LogP contribution is -2.30. The number of anilines is 2. The fourth-order valence-corrected chi connectivity index (χ4v) is 4.42. The molecule has 1 saturated heterocycles. The SMILES string of the molecule is NC(=O)c1ccc(N2CCCCC2)c(NC(=O)c2csc(-c3ccc(Cl)cc3)n2)c1. The van der Waals surface area contributed by atoms with Gasteiger partial charge in [-0.2, -0.15) is 0 Å². The van der Waals surface area contributed by atoms with E-state index >= 15 is 0 Å². The third-order valence-electron chi connectivity index (χ3n) is 5.05. The number of hydrogen-bond donors (Lipinski definition) is 2.